The number of para-hydroxylation sites is 1. The summed E-state index contributed by atoms with van der Waals surface area (Å²) in [6, 6.07) is 13.4. The van der Waals surface area contributed by atoms with Crippen LogP contribution in [0.25, 0.3) is 16.7 Å². The van der Waals surface area contributed by atoms with E-state index in [2.05, 4.69) is 15.4 Å². The zero-order chi connectivity index (χ0) is 23.4. The topological polar surface area (TPSA) is 100 Å². The molecule has 2 aromatic heterocycles. The second-order valence-electron chi connectivity index (χ2n) is 7.55. The molecule has 0 bridgehead atoms. The first-order chi connectivity index (χ1) is 16.0. The van der Waals surface area contributed by atoms with Crippen LogP contribution in [0, 0.1) is 6.92 Å². The van der Waals surface area contributed by atoms with Gasteiger partial charge in [0.25, 0.3) is 5.56 Å². The molecule has 1 N–H and O–H groups in total. The highest BCUT2D eigenvalue weighted by atomic mass is 16.5. The first kappa shape index (κ1) is 22.1. The molecule has 0 aliphatic heterocycles. The van der Waals surface area contributed by atoms with Crippen LogP contribution in [0.3, 0.4) is 0 Å². The first-order valence-electron chi connectivity index (χ1n) is 10.5. The van der Waals surface area contributed by atoms with Crippen LogP contribution >= 0.6 is 0 Å². The van der Waals surface area contributed by atoms with Crippen molar-refractivity contribution in [3.05, 3.63) is 76.5 Å². The van der Waals surface area contributed by atoms with Crippen molar-refractivity contribution in [3.8, 4) is 17.2 Å². The van der Waals surface area contributed by atoms with Gasteiger partial charge < -0.3 is 14.8 Å². The molecule has 0 atom stereocenters. The Bertz CT molecular complexity index is 1360. The Kier molecular flexibility index (Phi) is 6.39. The molecule has 0 aliphatic carbocycles. The minimum absolute atomic E-state index is 0.122. The number of aryl methyl sites for hydroxylation is 1. The summed E-state index contributed by atoms with van der Waals surface area (Å²) in [5.74, 6) is 1.02. The number of carbonyl (C=O) groups excluding carboxylic acids is 1. The van der Waals surface area contributed by atoms with Gasteiger partial charge in [0.15, 0.2) is 17.1 Å². The molecular formula is C24H25N5O4. The molecule has 2 aromatic carbocycles. The molecule has 4 aromatic rings. The molecule has 0 saturated carbocycles. The fourth-order valence-electron chi connectivity index (χ4n) is 3.63. The van der Waals surface area contributed by atoms with Gasteiger partial charge in [-0.15, -0.1) is 0 Å². The van der Waals surface area contributed by atoms with E-state index >= 15 is 0 Å². The highest BCUT2D eigenvalue weighted by Crippen LogP contribution is 2.27. The Balaban J connectivity index is 1.43. The van der Waals surface area contributed by atoms with E-state index < -0.39 is 0 Å². The highest BCUT2D eigenvalue weighted by molar-refractivity contribution is 5.78. The van der Waals surface area contributed by atoms with Gasteiger partial charge in [0.05, 0.1) is 26.1 Å². The Morgan fingerprint density at radius 2 is 1.88 bits per heavy atom. The molecule has 0 radical (unpaired) electrons. The van der Waals surface area contributed by atoms with Gasteiger partial charge in [0.1, 0.15) is 18.3 Å². The summed E-state index contributed by atoms with van der Waals surface area (Å²) in [5.41, 5.74) is 3.01. The predicted octanol–water partition coefficient (Wildman–Crippen LogP) is 2.27. The fourth-order valence-corrected chi connectivity index (χ4v) is 3.63. The van der Waals surface area contributed by atoms with Crippen LogP contribution < -0.4 is 20.3 Å². The van der Waals surface area contributed by atoms with Crippen LogP contribution in [0.4, 0.5) is 0 Å². The maximum Gasteiger partial charge on any atom is 0.264 e. The first-order valence-corrected chi connectivity index (χ1v) is 10.5. The maximum absolute atomic E-state index is 12.9. The SMILES string of the molecule is COc1ccc(CCNC(=O)Cn2cnc3c(cnn3-c3ccccc3C)c2=O)cc1OC. The van der Waals surface area contributed by atoms with Crippen molar-refractivity contribution in [3.63, 3.8) is 0 Å². The molecular weight excluding hydrogens is 422 g/mol. The van der Waals surface area contributed by atoms with Crippen LogP contribution in [0.5, 0.6) is 11.5 Å². The number of carbonyl (C=O) groups is 1. The molecule has 0 spiro atoms. The van der Waals surface area contributed by atoms with Gasteiger partial charge >= 0.3 is 0 Å². The number of methoxy groups -OCH3 is 2. The smallest absolute Gasteiger partial charge is 0.264 e. The van der Waals surface area contributed by atoms with E-state index in [1.54, 1.807) is 18.9 Å². The zero-order valence-corrected chi connectivity index (χ0v) is 18.7. The van der Waals surface area contributed by atoms with Gasteiger partial charge in [0, 0.05) is 6.54 Å². The van der Waals surface area contributed by atoms with E-state index in [0.29, 0.717) is 35.5 Å². The Morgan fingerprint density at radius 1 is 1.09 bits per heavy atom. The van der Waals surface area contributed by atoms with Crippen molar-refractivity contribution in [2.45, 2.75) is 19.9 Å². The normalized spacial score (nSPS) is 10.9. The molecule has 2 heterocycles. The van der Waals surface area contributed by atoms with E-state index in [1.807, 2.05) is 49.4 Å². The number of amides is 1. The maximum atomic E-state index is 12.9. The third-order valence-corrected chi connectivity index (χ3v) is 5.40. The van der Waals surface area contributed by atoms with E-state index in [0.717, 1.165) is 16.8 Å². The number of benzene rings is 2. The summed E-state index contributed by atoms with van der Waals surface area (Å²) in [5, 5.41) is 7.54. The largest absolute Gasteiger partial charge is 0.493 e. The van der Waals surface area contributed by atoms with Crippen molar-refractivity contribution >= 4 is 16.9 Å². The molecule has 9 heteroatoms. The lowest BCUT2D eigenvalue weighted by Crippen LogP contribution is -2.33. The van der Waals surface area contributed by atoms with Gasteiger partial charge in [-0.2, -0.15) is 5.10 Å². The molecule has 4 rings (SSSR count). The summed E-state index contributed by atoms with van der Waals surface area (Å²) in [4.78, 5) is 29.7. The summed E-state index contributed by atoms with van der Waals surface area (Å²) in [6.45, 7) is 2.27. The third kappa shape index (κ3) is 4.57. The quantitative estimate of drug-likeness (QED) is 0.445. The van der Waals surface area contributed by atoms with Crippen molar-refractivity contribution in [2.75, 3.05) is 20.8 Å². The second-order valence-corrected chi connectivity index (χ2v) is 7.55. The number of aromatic nitrogens is 4. The lowest BCUT2D eigenvalue weighted by atomic mass is 10.1. The third-order valence-electron chi connectivity index (χ3n) is 5.40. The van der Waals surface area contributed by atoms with Crippen LogP contribution in [0.1, 0.15) is 11.1 Å². The minimum atomic E-state index is -0.310. The molecule has 0 aliphatic rings. The molecule has 1 amide bonds. The summed E-state index contributed by atoms with van der Waals surface area (Å²) >= 11 is 0. The number of hydrogen-bond acceptors (Lipinski definition) is 6. The average Bonchev–Trinajstić information content (AvgIpc) is 3.25. The fraction of sp³-hybridized carbons (Fsp3) is 0.250. The molecule has 0 fully saturated rings. The van der Waals surface area contributed by atoms with Crippen LogP contribution in [0.15, 0.2) is 59.8 Å². The number of rotatable bonds is 8. The standard InChI is InChI=1S/C24H25N5O4/c1-16-6-4-5-7-19(16)29-23-18(13-27-29)24(31)28(15-26-23)14-22(30)25-11-10-17-8-9-20(32-2)21(12-17)33-3/h4-9,12-13,15H,10-11,14H2,1-3H3,(H,25,30). The Morgan fingerprint density at radius 3 is 2.64 bits per heavy atom. The molecule has 33 heavy (non-hydrogen) atoms. The number of nitrogens with zero attached hydrogens (tertiary/aromatic N) is 4. The van der Waals surface area contributed by atoms with Gasteiger partial charge in [0.2, 0.25) is 5.91 Å². The van der Waals surface area contributed by atoms with E-state index in [-0.39, 0.29) is 18.0 Å². The zero-order valence-electron chi connectivity index (χ0n) is 18.7. The Labute approximate surface area is 190 Å². The Hall–Kier alpha value is -4.14. The molecule has 9 nitrogen and oxygen atoms in total. The number of ether oxygens (including phenoxy) is 2. The molecule has 170 valence electrons. The lowest BCUT2D eigenvalue weighted by Gasteiger charge is -2.10. The number of hydrogen-bond donors (Lipinski definition) is 1. The van der Waals surface area contributed by atoms with Crippen molar-refractivity contribution in [2.24, 2.45) is 0 Å². The predicted molar refractivity (Wildman–Crippen MR) is 124 cm³/mol. The second kappa shape index (κ2) is 9.56. The minimum Gasteiger partial charge on any atom is -0.493 e. The van der Waals surface area contributed by atoms with Crippen LogP contribution in [-0.2, 0) is 17.8 Å². The van der Waals surface area contributed by atoms with Crippen LogP contribution in [-0.4, -0.2) is 46.0 Å². The van der Waals surface area contributed by atoms with Gasteiger partial charge in [-0.3, -0.25) is 14.2 Å². The van der Waals surface area contributed by atoms with E-state index in [9.17, 15) is 9.59 Å². The monoisotopic (exact) mass is 447 g/mol. The summed E-state index contributed by atoms with van der Waals surface area (Å²) in [6.07, 6.45) is 3.49. The van der Waals surface area contributed by atoms with E-state index in [4.69, 9.17) is 9.47 Å². The van der Waals surface area contributed by atoms with Crippen molar-refractivity contribution in [1.82, 2.24) is 24.6 Å². The number of nitrogens with one attached hydrogen (secondary N) is 1. The van der Waals surface area contributed by atoms with Gasteiger partial charge in [-0.1, -0.05) is 24.3 Å². The lowest BCUT2D eigenvalue weighted by molar-refractivity contribution is -0.121. The highest BCUT2D eigenvalue weighted by Gasteiger charge is 2.14. The molecule has 0 unspecified atom stereocenters. The summed E-state index contributed by atoms with van der Waals surface area (Å²) < 4.78 is 13.5. The molecule has 0 saturated heterocycles. The van der Waals surface area contributed by atoms with Crippen molar-refractivity contribution < 1.29 is 14.3 Å². The van der Waals surface area contributed by atoms with Gasteiger partial charge in [-0.25, -0.2) is 9.67 Å². The van der Waals surface area contributed by atoms with E-state index in [1.165, 1.54) is 17.1 Å². The number of fused-ring (bicyclic) bond motifs is 1. The average molecular weight is 447 g/mol. The van der Waals surface area contributed by atoms with Crippen molar-refractivity contribution in [1.29, 1.82) is 0 Å². The van der Waals surface area contributed by atoms with Gasteiger partial charge in [-0.05, 0) is 42.7 Å². The van der Waals surface area contributed by atoms with Crippen LogP contribution in [0.2, 0.25) is 0 Å². The summed E-state index contributed by atoms with van der Waals surface area (Å²) in [7, 11) is 3.16.